The molecule has 2 unspecified atom stereocenters. The van der Waals surface area contributed by atoms with Crippen LogP contribution in [0, 0.1) is 5.82 Å². The summed E-state index contributed by atoms with van der Waals surface area (Å²) < 4.78 is 19.0. The van der Waals surface area contributed by atoms with Crippen LogP contribution < -0.4 is 9.64 Å². The first-order valence-electron chi connectivity index (χ1n) is 7.92. The number of methoxy groups -OCH3 is 1. The minimum Gasteiger partial charge on any atom is -0.494 e. The normalized spacial score (nSPS) is 22.3. The average Bonchev–Trinajstić information content (AvgIpc) is 2.55. The van der Waals surface area contributed by atoms with Crippen molar-refractivity contribution >= 4 is 16.7 Å². The number of benzene rings is 1. The van der Waals surface area contributed by atoms with E-state index in [0.717, 1.165) is 30.6 Å². The first kappa shape index (κ1) is 15.9. The van der Waals surface area contributed by atoms with Crippen LogP contribution in [0.3, 0.4) is 0 Å². The van der Waals surface area contributed by atoms with Gasteiger partial charge < -0.3 is 14.5 Å². The first-order chi connectivity index (χ1) is 11.0. The third-order valence-corrected chi connectivity index (χ3v) is 4.95. The van der Waals surface area contributed by atoms with Crippen LogP contribution in [0.1, 0.15) is 19.8 Å². The molecule has 0 saturated carbocycles. The van der Waals surface area contributed by atoms with Gasteiger partial charge in [-0.2, -0.15) is 0 Å². The standard InChI is InChI=1S/C17H23FN4O/c1-11-7-12(5-6-21(11)2)22(3)17-13-8-16(23-4)14(18)9-15(13)19-10-20-17/h8-12H,5-7H2,1-4H3. The third kappa shape index (κ3) is 2.95. The number of piperidine rings is 1. The predicted molar refractivity (Wildman–Crippen MR) is 89.6 cm³/mol. The molecule has 23 heavy (non-hydrogen) atoms. The van der Waals surface area contributed by atoms with Crippen molar-refractivity contribution in [2.24, 2.45) is 0 Å². The minimum atomic E-state index is -0.403. The van der Waals surface area contributed by atoms with Gasteiger partial charge in [-0.15, -0.1) is 0 Å². The molecular formula is C17H23FN4O. The van der Waals surface area contributed by atoms with Crippen LogP contribution in [-0.2, 0) is 0 Å². The van der Waals surface area contributed by atoms with Crippen molar-refractivity contribution in [3.63, 3.8) is 0 Å². The molecule has 2 heterocycles. The lowest BCUT2D eigenvalue weighted by Gasteiger charge is -2.40. The minimum absolute atomic E-state index is 0.221. The zero-order valence-electron chi connectivity index (χ0n) is 14.1. The molecule has 1 fully saturated rings. The van der Waals surface area contributed by atoms with E-state index in [-0.39, 0.29) is 5.75 Å². The van der Waals surface area contributed by atoms with Crippen molar-refractivity contribution < 1.29 is 9.13 Å². The fraction of sp³-hybridized carbons (Fsp3) is 0.529. The number of nitrogens with zero attached hydrogens (tertiary/aromatic N) is 4. The van der Waals surface area contributed by atoms with Crippen molar-refractivity contribution in [3.05, 3.63) is 24.3 Å². The molecule has 2 atom stereocenters. The summed E-state index contributed by atoms with van der Waals surface area (Å²) in [5, 5.41) is 0.819. The number of rotatable bonds is 3. The number of likely N-dealkylation sites (tertiary alicyclic amines) is 1. The molecule has 1 aliphatic heterocycles. The molecule has 124 valence electrons. The molecule has 1 aromatic carbocycles. The van der Waals surface area contributed by atoms with Gasteiger partial charge in [-0.05, 0) is 32.9 Å². The van der Waals surface area contributed by atoms with Gasteiger partial charge in [0.1, 0.15) is 12.1 Å². The van der Waals surface area contributed by atoms with E-state index in [0.29, 0.717) is 17.6 Å². The fourth-order valence-corrected chi connectivity index (χ4v) is 3.27. The predicted octanol–water partition coefficient (Wildman–Crippen LogP) is 2.70. The quantitative estimate of drug-likeness (QED) is 0.870. The molecule has 0 N–H and O–H groups in total. The average molecular weight is 318 g/mol. The second kappa shape index (κ2) is 6.28. The Balaban J connectivity index is 1.98. The van der Waals surface area contributed by atoms with E-state index in [4.69, 9.17) is 4.74 Å². The van der Waals surface area contributed by atoms with Crippen LogP contribution >= 0.6 is 0 Å². The maximum atomic E-state index is 13.9. The second-order valence-electron chi connectivity index (χ2n) is 6.32. The molecule has 3 rings (SSSR count). The molecule has 0 radical (unpaired) electrons. The molecule has 0 amide bonds. The van der Waals surface area contributed by atoms with Crippen LogP contribution in [0.25, 0.3) is 10.9 Å². The monoisotopic (exact) mass is 318 g/mol. The molecule has 0 aliphatic carbocycles. The van der Waals surface area contributed by atoms with Crippen molar-refractivity contribution in [1.29, 1.82) is 0 Å². The van der Waals surface area contributed by atoms with Crippen LogP contribution in [0.4, 0.5) is 10.2 Å². The largest absolute Gasteiger partial charge is 0.494 e. The lowest BCUT2D eigenvalue weighted by molar-refractivity contribution is 0.181. The van der Waals surface area contributed by atoms with E-state index in [2.05, 4.69) is 40.8 Å². The fourth-order valence-electron chi connectivity index (χ4n) is 3.27. The van der Waals surface area contributed by atoms with Gasteiger partial charge in [0.2, 0.25) is 0 Å². The summed E-state index contributed by atoms with van der Waals surface area (Å²) in [5.41, 5.74) is 0.598. The highest BCUT2D eigenvalue weighted by molar-refractivity contribution is 5.90. The van der Waals surface area contributed by atoms with Crippen molar-refractivity contribution in [2.45, 2.75) is 31.8 Å². The molecule has 6 heteroatoms. The van der Waals surface area contributed by atoms with Crippen LogP contribution in [0.15, 0.2) is 18.5 Å². The Kier molecular flexibility index (Phi) is 4.35. The summed E-state index contributed by atoms with van der Waals surface area (Å²) in [4.78, 5) is 13.2. The highest BCUT2D eigenvalue weighted by atomic mass is 19.1. The Labute approximate surface area is 136 Å². The lowest BCUT2D eigenvalue weighted by Crippen LogP contribution is -2.46. The van der Waals surface area contributed by atoms with E-state index in [1.807, 2.05) is 0 Å². The lowest BCUT2D eigenvalue weighted by atomic mass is 9.97. The van der Waals surface area contributed by atoms with Crippen molar-refractivity contribution in [2.75, 3.05) is 32.6 Å². The molecule has 2 aromatic rings. The van der Waals surface area contributed by atoms with Gasteiger partial charge in [0.15, 0.2) is 11.6 Å². The summed E-state index contributed by atoms with van der Waals surface area (Å²) in [7, 11) is 5.69. The van der Waals surface area contributed by atoms with Crippen LogP contribution in [-0.4, -0.2) is 54.7 Å². The van der Waals surface area contributed by atoms with E-state index >= 15 is 0 Å². The number of hydrogen-bond donors (Lipinski definition) is 0. The Bertz CT molecular complexity index is 708. The van der Waals surface area contributed by atoms with Gasteiger partial charge in [0, 0.05) is 37.1 Å². The zero-order valence-corrected chi connectivity index (χ0v) is 14.1. The number of halogens is 1. The number of aromatic nitrogens is 2. The Morgan fingerprint density at radius 3 is 2.83 bits per heavy atom. The smallest absolute Gasteiger partial charge is 0.167 e. The topological polar surface area (TPSA) is 41.5 Å². The molecular weight excluding hydrogens is 295 g/mol. The molecule has 1 aromatic heterocycles. The molecule has 5 nitrogen and oxygen atoms in total. The van der Waals surface area contributed by atoms with Gasteiger partial charge >= 0.3 is 0 Å². The highest BCUT2D eigenvalue weighted by Gasteiger charge is 2.27. The highest BCUT2D eigenvalue weighted by Crippen LogP contribution is 2.31. The first-order valence-corrected chi connectivity index (χ1v) is 7.92. The summed E-state index contributed by atoms with van der Waals surface area (Å²) in [6.45, 7) is 3.31. The number of anilines is 1. The Hall–Kier alpha value is -1.95. The summed E-state index contributed by atoms with van der Waals surface area (Å²) in [5.74, 6) is 0.647. The van der Waals surface area contributed by atoms with E-state index in [9.17, 15) is 4.39 Å². The van der Waals surface area contributed by atoms with Crippen LogP contribution in [0.2, 0.25) is 0 Å². The second-order valence-corrected chi connectivity index (χ2v) is 6.32. The zero-order chi connectivity index (χ0) is 16.6. The van der Waals surface area contributed by atoms with E-state index in [1.54, 1.807) is 6.07 Å². The molecule has 1 saturated heterocycles. The van der Waals surface area contributed by atoms with Gasteiger partial charge in [0.05, 0.1) is 12.6 Å². The Morgan fingerprint density at radius 2 is 2.13 bits per heavy atom. The van der Waals surface area contributed by atoms with Gasteiger partial charge in [-0.1, -0.05) is 0 Å². The maximum absolute atomic E-state index is 13.9. The van der Waals surface area contributed by atoms with Gasteiger partial charge in [0.25, 0.3) is 0 Å². The molecule has 0 bridgehead atoms. The van der Waals surface area contributed by atoms with E-state index < -0.39 is 5.82 Å². The SMILES string of the molecule is COc1cc2c(N(C)C3CCN(C)C(C)C3)ncnc2cc1F. The number of hydrogen-bond acceptors (Lipinski definition) is 5. The number of ether oxygens (including phenoxy) is 1. The van der Waals surface area contributed by atoms with Crippen molar-refractivity contribution in [1.82, 2.24) is 14.9 Å². The van der Waals surface area contributed by atoms with Crippen molar-refractivity contribution in [3.8, 4) is 5.75 Å². The van der Waals surface area contributed by atoms with Gasteiger partial charge in [-0.25, -0.2) is 14.4 Å². The summed E-state index contributed by atoms with van der Waals surface area (Å²) >= 11 is 0. The van der Waals surface area contributed by atoms with Gasteiger partial charge in [-0.3, -0.25) is 0 Å². The van der Waals surface area contributed by atoms with E-state index in [1.165, 1.54) is 19.5 Å². The van der Waals surface area contributed by atoms with Crippen LogP contribution in [0.5, 0.6) is 5.75 Å². The number of fused-ring (bicyclic) bond motifs is 1. The summed E-state index contributed by atoms with van der Waals surface area (Å²) in [6.07, 6.45) is 3.66. The molecule has 0 spiro atoms. The third-order valence-electron chi connectivity index (χ3n) is 4.95. The Morgan fingerprint density at radius 1 is 1.35 bits per heavy atom. The summed E-state index contributed by atoms with van der Waals surface area (Å²) in [6, 6.07) is 4.05. The molecule has 1 aliphatic rings. The maximum Gasteiger partial charge on any atom is 0.167 e.